The van der Waals surface area contributed by atoms with Crippen molar-refractivity contribution in [3.8, 4) is 17.2 Å². The Bertz CT molecular complexity index is 2780. The van der Waals surface area contributed by atoms with Crippen molar-refractivity contribution in [2.24, 2.45) is 11.8 Å². The molecule has 6 heterocycles. The fourth-order valence-electron chi connectivity index (χ4n) is 7.57. The van der Waals surface area contributed by atoms with Gasteiger partial charge in [0.25, 0.3) is 0 Å². The van der Waals surface area contributed by atoms with Crippen LogP contribution in [-0.2, 0) is 33.9 Å². The normalized spacial score (nSPS) is 11.9. The van der Waals surface area contributed by atoms with Gasteiger partial charge in [-0.15, -0.1) is 45.5 Å². The van der Waals surface area contributed by atoms with Gasteiger partial charge in [-0.1, -0.05) is 104 Å². The van der Waals surface area contributed by atoms with Crippen molar-refractivity contribution >= 4 is 60.9 Å². The van der Waals surface area contributed by atoms with Crippen LogP contribution in [0.3, 0.4) is 0 Å². The molecule has 0 fully saturated rings. The third kappa shape index (κ3) is 6.12. The molecule has 0 spiro atoms. The minimum atomic E-state index is 0. The monoisotopic (exact) mass is 890 g/mol. The van der Waals surface area contributed by atoms with Gasteiger partial charge in [0.05, 0.1) is 11.2 Å². The van der Waals surface area contributed by atoms with Crippen LogP contribution in [0.15, 0.2) is 108 Å². The molecule has 9 rings (SSSR count). The first-order chi connectivity index (χ1) is 25.4. The molecule has 0 saturated heterocycles. The minimum Gasteiger partial charge on any atom is -0.329 e. The van der Waals surface area contributed by atoms with Crippen LogP contribution in [0.25, 0.3) is 66.3 Å². The summed E-state index contributed by atoms with van der Waals surface area (Å²) in [6, 6.07) is 33.0. The minimum absolute atomic E-state index is 0. The van der Waals surface area contributed by atoms with E-state index in [1.165, 1.54) is 16.7 Å². The van der Waals surface area contributed by atoms with Gasteiger partial charge < -0.3 is 8.97 Å². The van der Waals surface area contributed by atoms with Crippen LogP contribution in [0.1, 0.15) is 44.4 Å². The van der Waals surface area contributed by atoms with Crippen molar-refractivity contribution in [3.63, 3.8) is 0 Å². The summed E-state index contributed by atoms with van der Waals surface area (Å²) in [7, 11) is 0. The first kappa shape index (κ1) is 35.1. The Morgan fingerprint density at radius 3 is 2.23 bits per heavy atom. The number of hydrogen-bond acceptors (Lipinski definition) is 6. The zero-order valence-electron chi connectivity index (χ0n) is 30.2. The van der Waals surface area contributed by atoms with E-state index in [2.05, 4.69) is 114 Å². The van der Waals surface area contributed by atoms with E-state index in [9.17, 15) is 0 Å². The number of fused-ring (bicyclic) bond motifs is 9. The Labute approximate surface area is 327 Å². The van der Waals surface area contributed by atoms with Crippen molar-refractivity contribution in [1.29, 1.82) is 0 Å². The predicted molar refractivity (Wildman–Crippen MR) is 211 cm³/mol. The molecule has 0 bridgehead atoms. The SMILES string of the molecule is Cc1cc2c([c-]c1Sc1[c-]c3c(cn1)c1ccncc1n3-c1ccccn1)c1nnc(-c3c(CC(C)C)cccc3CC(C)C)n1c1ccccc21.[Pt+2]. The molecule has 9 heteroatoms. The van der Waals surface area contributed by atoms with Crippen molar-refractivity contribution in [2.75, 3.05) is 0 Å². The summed E-state index contributed by atoms with van der Waals surface area (Å²) in [6.45, 7) is 11.3. The maximum absolute atomic E-state index is 4.99. The molecule has 264 valence electrons. The molecule has 0 N–H and O–H groups in total. The largest absolute Gasteiger partial charge is 2.00 e. The second-order valence-electron chi connectivity index (χ2n) is 14.4. The number of aryl methyl sites for hydroxylation is 1. The van der Waals surface area contributed by atoms with E-state index in [0.717, 1.165) is 89.1 Å². The number of hydrogen-bond donors (Lipinski definition) is 0. The van der Waals surface area contributed by atoms with Crippen LogP contribution < -0.4 is 0 Å². The summed E-state index contributed by atoms with van der Waals surface area (Å²) < 4.78 is 4.37. The zero-order valence-corrected chi connectivity index (χ0v) is 33.3. The third-order valence-corrected chi connectivity index (χ3v) is 10.7. The van der Waals surface area contributed by atoms with Crippen LogP contribution in [0, 0.1) is 30.9 Å². The standard InChI is InChI=1S/C44H37N7S.Pt/c1-26(2)19-29-11-10-12-30(20-27(3)4)42(29)44-49-48-43-34-22-39(28(5)21-33(34)31-13-6-7-14-36(31)51(43)44)52-41-23-37-35(24-47-41)32-16-18-45-25-38(32)50(37)40-15-8-9-17-46-40;/h6-18,21,24-27H,19-20H2,1-5H3;/q-2;+2. The van der Waals surface area contributed by atoms with Gasteiger partial charge in [0.15, 0.2) is 5.82 Å². The summed E-state index contributed by atoms with van der Waals surface area (Å²) >= 11 is 1.56. The van der Waals surface area contributed by atoms with Gasteiger partial charge >= 0.3 is 21.1 Å². The van der Waals surface area contributed by atoms with E-state index in [1.54, 1.807) is 11.8 Å². The molecule has 6 aromatic heterocycles. The summed E-state index contributed by atoms with van der Waals surface area (Å²) in [5.41, 5.74) is 8.70. The molecule has 0 aliphatic heterocycles. The predicted octanol–water partition coefficient (Wildman–Crippen LogP) is 10.4. The van der Waals surface area contributed by atoms with Gasteiger partial charge in [-0.05, 0) is 65.6 Å². The van der Waals surface area contributed by atoms with Crippen molar-refractivity contribution in [2.45, 2.75) is 57.4 Å². The number of pyridine rings is 4. The van der Waals surface area contributed by atoms with Crippen LogP contribution in [-0.4, -0.2) is 34.1 Å². The quantitative estimate of drug-likeness (QED) is 0.112. The number of benzene rings is 3. The first-order valence-electron chi connectivity index (χ1n) is 17.8. The number of rotatable bonds is 8. The topological polar surface area (TPSA) is 73.8 Å². The van der Waals surface area contributed by atoms with E-state index in [1.807, 2.05) is 49.1 Å². The van der Waals surface area contributed by atoms with E-state index < -0.39 is 0 Å². The molecule has 0 aliphatic rings. The smallest absolute Gasteiger partial charge is 0.329 e. The Balaban J connectivity index is 0.00000400. The van der Waals surface area contributed by atoms with Crippen molar-refractivity contribution < 1.29 is 21.1 Å². The van der Waals surface area contributed by atoms with Crippen LogP contribution >= 0.6 is 11.8 Å². The molecule has 3 aromatic carbocycles. The fraction of sp³-hybridized carbons (Fsp3) is 0.205. The van der Waals surface area contributed by atoms with Crippen LogP contribution in [0.2, 0.25) is 0 Å². The number of aromatic nitrogens is 7. The Hall–Kier alpha value is -4.91. The van der Waals surface area contributed by atoms with Crippen LogP contribution in [0.4, 0.5) is 0 Å². The number of para-hydroxylation sites is 1. The maximum atomic E-state index is 4.99. The molecule has 0 amide bonds. The number of nitrogens with zero attached hydrogens (tertiary/aromatic N) is 7. The second kappa shape index (κ2) is 14.1. The van der Waals surface area contributed by atoms with Gasteiger partial charge in [-0.3, -0.25) is 9.97 Å². The van der Waals surface area contributed by atoms with Gasteiger partial charge in [-0.2, -0.15) is 11.2 Å². The average Bonchev–Trinajstić information content (AvgIpc) is 3.72. The van der Waals surface area contributed by atoms with Gasteiger partial charge in [0, 0.05) is 34.7 Å². The molecule has 0 saturated carbocycles. The van der Waals surface area contributed by atoms with E-state index in [0.29, 0.717) is 11.8 Å². The molecular weight excluding hydrogens is 854 g/mol. The molecule has 0 unspecified atom stereocenters. The molecule has 0 atom stereocenters. The van der Waals surface area contributed by atoms with Crippen molar-refractivity contribution in [3.05, 3.63) is 126 Å². The summed E-state index contributed by atoms with van der Waals surface area (Å²) in [6.07, 6.45) is 9.37. The molecule has 7 nitrogen and oxygen atoms in total. The van der Waals surface area contributed by atoms with E-state index in [4.69, 9.17) is 15.2 Å². The Morgan fingerprint density at radius 1 is 0.717 bits per heavy atom. The second-order valence-corrected chi connectivity index (χ2v) is 15.4. The summed E-state index contributed by atoms with van der Waals surface area (Å²) in [5, 5.41) is 15.9. The van der Waals surface area contributed by atoms with E-state index in [-0.39, 0.29) is 21.1 Å². The summed E-state index contributed by atoms with van der Waals surface area (Å²) in [4.78, 5) is 15.0. The molecule has 0 radical (unpaired) electrons. The molecular formula is C44H37N7PtS. The van der Waals surface area contributed by atoms with E-state index >= 15 is 0 Å². The summed E-state index contributed by atoms with van der Waals surface area (Å²) in [5.74, 6) is 2.71. The fourth-order valence-corrected chi connectivity index (χ4v) is 8.38. The average molecular weight is 891 g/mol. The van der Waals surface area contributed by atoms with Crippen LogP contribution in [0.5, 0.6) is 0 Å². The zero-order chi connectivity index (χ0) is 35.5. The van der Waals surface area contributed by atoms with Crippen molar-refractivity contribution in [1.82, 2.24) is 34.1 Å². The first-order valence-corrected chi connectivity index (χ1v) is 18.7. The Kier molecular flexibility index (Phi) is 9.38. The molecule has 53 heavy (non-hydrogen) atoms. The van der Waals surface area contributed by atoms with Gasteiger partial charge in [0.1, 0.15) is 5.82 Å². The third-order valence-electron chi connectivity index (χ3n) is 9.69. The van der Waals surface area contributed by atoms with Gasteiger partial charge in [-0.25, -0.2) is 4.98 Å². The van der Waals surface area contributed by atoms with Gasteiger partial charge in [0.2, 0.25) is 0 Å². The maximum Gasteiger partial charge on any atom is 2.00 e. The molecule has 9 aromatic rings. The Morgan fingerprint density at radius 2 is 1.47 bits per heavy atom. The molecule has 0 aliphatic carbocycles.